The van der Waals surface area contributed by atoms with Crippen molar-refractivity contribution in [1.82, 2.24) is 0 Å². The summed E-state index contributed by atoms with van der Waals surface area (Å²) in [6.45, 7) is 4.24. The molecule has 0 heterocycles. The van der Waals surface area contributed by atoms with E-state index in [9.17, 15) is 9.90 Å². The quantitative estimate of drug-likeness (QED) is 0.867. The Morgan fingerprint density at radius 1 is 1.29 bits per heavy atom. The van der Waals surface area contributed by atoms with Crippen LogP contribution in [0.25, 0.3) is 0 Å². The van der Waals surface area contributed by atoms with Gasteiger partial charge in [-0.3, -0.25) is 4.79 Å². The van der Waals surface area contributed by atoms with E-state index in [0.29, 0.717) is 5.92 Å². The molecule has 0 radical (unpaired) electrons. The van der Waals surface area contributed by atoms with Gasteiger partial charge in [-0.2, -0.15) is 0 Å². The zero-order valence-electron chi connectivity index (χ0n) is 10.6. The van der Waals surface area contributed by atoms with Gasteiger partial charge in [0.15, 0.2) is 0 Å². The van der Waals surface area contributed by atoms with Crippen LogP contribution in [0.4, 0.5) is 0 Å². The number of aryl methyl sites for hydroxylation is 2. The van der Waals surface area contributed by atoms with Crippen LogP contribution in [-0.4, -0.2) is 11.1 Å². The van der Waals surface area contributed by atoms with Gasteiger partial charge in [0, 0.05) is 0 Å². The van der Waals surface area contributed by atoms with Gasteiger partial charge in [0.25, 0.3) is 0 Å². The van der Waals surface area contributed by atoms with Gasteiger partial charge in [0.05, 0.1) is 5.92 Å². The summed E-state index contributed by atoms with van der Waals surface area (Å²) in [4.78, 5) is 11.2. The van der Waals surface area contributed by atoms with Gasteiger partial charge in [0.2, 0.25) is 0 Å². The summed E-state index contributed by atoms with van der Waals surface area (Å²) < 4.78 is 0. The Hall–Kier alpha value is -1.31. The van der Waals surface area contributed by atoms with Gasteiger partial charge in [-0.1, -0.05) is 24.6 Å². The van der Waals surface area contributed by atoms with E-state index in [-0.39, 0.29) is 5.92 Å². The molecule has 2 rings (SSSR count). The van der Waals surface area contributed by atoms with Gasteiger partial charge < -0.3 is 5.11 Å². The molecule has 1 aromatic carbocycles. The standard InChI is InChI=1S/C15H20O2/c1-10-5-3-6-11(2)14(10)9-12-7-4-8-13(12)15(16)17/h3,5-6,12-13H,4,7-9H2,1-2H3,(H,16,17). The molecule has 17 heavy (non-hydrogen) atoms. The van der Waals surface area contributed by atoms with Crippen LogP contribution in [-0.2, 0) is 11.2 Å². The van der Waals surface area contributed by atoms with Crippen LogP contribution in [0.3, 0.4) is 0 Å². The van der Waals surface area contributed by atoms with Crippen molar-refractivity contribution >= 4 is 5.97 Å². The minimum atomic E-state index is -0.612. The lowest BCUT2D eigenvalue weighted by Gasteiger charge is -2.18. The van der Waals surface area contributed by atoms with Crippen molar-refractivity contribution in [2.75, 3.05) is 0 Å². The first-order chi connectivity index (χ1) is 8.09. The topological polar surface area (TPSA) is 37.3 Å². The molecule has 0 amide bonds. The first-order valence-electron chi connectivity index (χ1n) is 6.37. The van der Waals surface area contributed by atoms with Crippen LogP contribution in [0.2, 0.25) is 0 Å². The number of hydrogen-bond donors (Lipinski definition) is 1. The Morgan fingerprint density at radius 3 is 2.53 bits per heavy atom. The van der Waals surface area contributed by atoms with E-state index in [1.165, 1.54) is 16.7 Å². The Labute approximate surface area is 103 Å². The van der Waals surface area contributed by atoms with Gasteiger partial charge in [-0.15, -0.1) is 0 Å². The summed E-state index contributed by atoms with van der Waals surface area (Å²) >= 11 is 0. The number of benzene rings is 1. The van der Waals surface area contributed by atoms with Crippen LogP contribution in [0.15, 0.2) is 18.2 Å². The number of hydrogen-bond acceptors (Lipinski definition) is 1. The molecule has 1 aromatic rings. The highest BCUT2D eigenvalue weighted by Crippen LogP contribution is 2.35. The third kappa shape index (κ3) is 2.51. The van der Waals surface area contributed by atoms with Crippen molar-refractivity contribution in [2.45, 2.75) is 39.5 Å². The first kappa shape index (κ1) is 12.2. The average Bonchev–Trinajstić information content (AvgIpc) is 2.72. The predicted octanol–water partition coefficient (Wildman–Crippen LogP) is 3.35. The van der Waals surface area contributed by atoms with Crippen LogP contribution in [0.1, 0.15) is 36.0 Å². The fourth-order valence-electron chi connectivity index (χ4n) is 3.04. The second kappa shape index (κ2) is 4.91. The van der Waals surface area contributed by atoms with E-state index in [0.717, 1.165) is 25.7 Å². The summed E-state index contributed by atoms with van der Waals surface area (Å²) in [5.74, 6) is -0.417. The van der Waals surface area contributed by atoms with E-state index < -0.39 is 5.97 Å². The van der Waals surface area contributed by atoms with Crippen molar-refractivity contribution in [3.05, 3.63) is 34.9 Å². The van der Waals surface area contributed by atoms with Crippen LogP contribution >= 0.6 is 0 Å². The molecule has 0 spiro atoms. The number of carbonyl (C=O) groups is 1. The van der Waals surface area contributed by atoms with E-state index in [4.69, 9.17) is 0 Å². The fraction of sp³-hybridized carbons (Fsp3) is 0.533. The molecule has 1 aliphatic carbocycles. The maximum absolute atomic E-state index is 11.2. The van der Waals surface area contributed by atoms with Gasteiger partial charge in [-0.25, -0.2) is 0 Å². The molecule has 1 aliphatic rings. The Balaban J connectivity index is 2.18. The Bertz CT molecular complexity index is 403. The van der Waals surface area contributed by atoms with E-state index in [2.05, 4.69) is 32.0 Å². The molecule has 2 atom stereocenters. The zero-order chi connectivity index (χ0) is 12.4. The van der Waals surface area contributed by atoms with Crippen LogP contribution in [0.5, 0.6) is 0 Å². The largest absolute Gasteiger partial charge is 0.481 e. The maximum Gasteiger partial charge on any atom is 0.306 e. The molecule has 1 saturated carbocycles. The maximum atomic E-state index is 11.2. The van der Waals surface area contributed by atoms with Gasteiger partial charge >= 0.3 is 5.97 Å². The minimum absolute atomic E-state index is 0.131. The molecule has 0 aromatic heterocycles. The van der Waals surface area contributed by atoms with Crippen LogP contribution in [0, 0.1) is 25.7 Å². The van der Waals surface area contributed by atoms with Gasteiger partial charge in [0.1, 0.15) is 0 Å². The van der Waals surface area contributed by atoms with E-state index in [1.807, 2.05) is 0 Å². The van der Waals surface area contributed by atoms with Crippen molar-refractivity contribution < 1.29 is 9.90 Å². The molecule has 92 valence electrons. The lowest BCUT2D eigenvalue weighted by Crippen LogP contribution is -2.20. The fourth-order valence-corrected chi connectivity index (χ4v) is 3.04. The van der Waals surface area contributed by atoms with Crippen molar-refractivity contribution in [3.63, 3.8) is 0 Å². The summed E-state index contributed by atoms with van der Waals surface area (Å²) in [6.07, 6.45) is 3.90. The second-order valence-corrected chi connectivity index (χ2v) is 5.21. The molecule has 2 heteroatoms. The van der Waals surface area contributed by atoms with Crippen LogP contribution < -0.4 is 0 Å². The molecular weight excluding hydrogens is 212 g/mol. The first-order valence-corrected chi connectivity index (χ1v) is 6.37. The second-order valence-electron chi connectivity index (χ2n) is 5.21. The molecule has 0 bridgehead atoms. The normalized spacial score (nSPS) is 23.9. The summed E-state index contributed by atoms with van der Waals surface area (Å²) in [5, 5.41) is 9.20. The Morgan fingerprint density at radius 2 is 1.94 bits per heavy atom. The highest BCUT2D eigenvalue weighted by Gasteiger charge is 2.33. The SMILES string of the molecule is Cc1cccc(C)c1CC1CCCC1C(=O)O. The number of carboxylic acids is 1. The summed E-state index contributed by atoms with van der Waals surface area (Å²) in [5.41, 5.74) is 3.94. The lowest BCUT2D eigenvalue weighted by atomic mass is 9.86. The van der Waals surface area contributed by atoms with Crippen molar-refractivity contribution in [1.29, 1.82) is 0 Å². The van der Waals surface area contributed by atoms with Crippen molar-refractivity contribution in [2.24, 2.45) is 11.8 Å². The minimum Gasteiger partial charge on any atom is -0.481 e. The highest BCUT2D eigenvalue weighted by atomic mass is 16.4. The molecule has 2 nitrogen and oxygen atoms in total. The van der Waals surface area contributed by atoms with Gasteiger partial charge in [-0.05, 0) is 55.7 Å². The van der Waals surface area contributed by atoms with E-state index in [1.54, 1.807) is 0 Å². The molecule has 0 aliphatic heterocycles. The highest BCUT2D eigenvalue weighted by molar-refractivity contribution is 5.70. The third-order valence-electron chi connectivity index (χ3n) is 4.09. The van der Waals surface area contributed by atoms with Crippen molar-refractivity contribution in [3.8, 4) is 0 Å². The average molecular weight is 232 g/mol. The molecule has 1 N–H and O–H groups in total. The number of aliphatic carboxylic acids is 1. The van der Waals surface area contributed by atoms with E-state index >= 15 is 0 Å². The monoisotopic (exact) mass is 232 g/mol. The zero-order valence-corrected chi connectivity index (χ0v) is 10.6. The molecule has 0 saturated heterocycles. The number of carboxylic acid groups (broad SMARTS) is 1. The summed E-state index contributed by atoms with van der Waals surface area (Å²) in [7, 11) is 0. The molecule has 1 fully saturated rings. The number of rotatable bonds is 3. The Kier molecular flexibility index (Phi) is 3.51. The summed E-state index contributed by atoms with van der Waals surface area (Å²) in [6, 6.07) is 6.30. The lowest BCUT2D eigenvalue weighted by molar-refractivity contribution is -0.142. The molecular formula is C15H20O2. The molecule has 2 unspecified atom stereocenters. The smallest absolute Gasteiger partial charge is 0.306 e. The third-order valence-corrected chi connectivity index (χ3v) is 4.09. The predicted molar refractivity (Wildman–Crippen MR) is 68.1 cm³/mol.